The van der Waals surface area contributed by atoms with Gasteiger partial charge >= 0.3 is 0 Å². The molecule has 0 N–H and O–H groups in total. The van der Waals surface area contributed by atoms with Gasteiger partial charge in [-0.2, -0.15) is 0 Å². The van der Waals surface area contributed by atoms with Crippen molar-refractivity contribution in [2.45, 2.75) is 70.9 Å². The molecule has 1 fully saturated rings. The van der Waals surface area contributed by atoms with Gasteiger partial charge in [-0.3, -0.25) is 4.39 Å². The van der Waals surface area contributed by atoms with E-state index in [1.165, 1.54) is 31.7 Å². The fourth-order valence-corrected chi connectivity index (χ4v) is 3.72. The van der Waals surface area contributed by atoms with Crippen LogP contribution >= 0.6 is 0 Å². The van der Waals surface area contributed by atoms with E-state index in [0.29, 0.717) is 12.3 Å². The molecule has 1 aromatic rings. The standard InChI is InChI=1S/C22H31F3/c23-15-5-3-1-2-4-6-18-7-9-19(10-8-18)11-12-20-13-14-21(17-24)22(25)16-20/h4,6,13-14,16,18-19H,1-3,5,7-12,15,17H2/b6-4+. The molecule has 0 aromatic heterocycles. The monoisotopic (exact) mass is 352 g/mol. The Bertz CT molecular complexity index is 516. The first-order chi connectivity index (χ1) is 12.2. The van der Waals surface area contributed by atoms with Crippen molar-refractivity contribution in [3.8, 4) is 0 Å². The number of aryl methyl sites for hydroxylation is 1. The van der Waals surface area contributed by atoms with Crippen LogP contribution in [0, 0.1) is 17.7 Å². The Labute approximate surface area is 150 Å². The van der Waals surface area contributed by atoms with Gasteiger partial charge in [0.2, 0.25) is 0 Å². The fraction of sp³-hybridized carbons (Fsp3) is 0.636. The summed E-state index contributed by atoms with van der Waals surface area (Å²) in [5, 5.41) is 0. The molecule has 0 bridgehead atoms. The summed E-state index contributed by atoms with van der Waals surface area (Å²) in [7, 11) is 0. The molecule has 1 aliphatic carbocycles. The maximum absolute atomic E-state index is 13.6. The zero-order valence-corrected chi connectivity index (χ0v) is 15.2. The van der Waals surface area contributed by atoms with Crippen LogP contribution in [0.25, 0.3) is 0 Å². The Balaban J connectivity index is 1.63. The predicted octanol–water partition coefficient (Wildman–Crippen LogP) is 7.12. The molecule has 0 spiro atoms. The third kappa shape index (κ3) is 7.25. The van der Waals surface area contributed by atoms with Crippen molar-refractivity contribution >= 4 is 0 Å². The molecule has 3 heteroatoms. The summed E-state index contributed by atoms with van der Waals surface area (Å²) in [5.74, 6) is 0.997. The highest BCUT2D eigenvalue weighted by atomic mass is 19.1. The Kier molecular flexibility index (Phi) is 9.14. The lowest BCUT2D eigenvalue weighted by atomic mass is 9.79. The van der Waals surface area contributed by atoms with Crippen LogP contribution in [0.2, 0.25) is 0 Å². The summed E-state index contributed by atoms with van der Waals surface area (Å²) in [4.78, 5) is 0. The van der Waals surface area contributed by atoms with Crippen LogP contribution in [-0.2, 0) is 13.1 Å². The second-order valence-corrected chi connectivity index (χ2v) is 7.35. The van der Waals surface area contributed by atoms with Gasteiger partial charge in [-0.25, -0.2) is 8.78 Å². The van der Waals surface area contributed by atoms with E-state index in [0.717, 1.165) is 43.6 Å². The van der Waals surface area contributed by atoms with Crippen molar-refractivity contribution in [1.29, 1.82) is 0 Å². The Morgan fingerprint density at radius 2 is 1.80 bits per heavy atom. The van der Waals surface area contributed by atoms with E-state index < -0.39 is 12.5 Å². The van der Waals surface area contributed by atoms with E-state index >= 15 is 0 Å². The van der Waals surface area contributed by atoms with Crippen LogP contribution in [0.5, 0.6) is 0 Å². The van der Waals surface area contributed by atoms with Gasteiger partial charge < -0.3 is 0 Å². The van der Waals surface area contributed by atoms with Crippen LogP contribution < -0.4 is 0 Å². The SMILES string of the molecule is FCCCCC/C=C/C1CCC(CCc2ccc(CF)c(F)c2)CC1. The fourth-order valence-electron chi connectivity index (χ4n) is 3.72. The summed E-state index contributed by atoms with van der Waals surface area (Å²) >= 11 is 0. The molecule has 1 aliphatic rings. The highest BCUT2D eigenvalue weighted by Gasteiger charge is 2.19. The summed E-state index contributed by atoms with van der Waals surface area (Å²) in [6.07, 6.45) is 15.4. The number of benzene rings is 1. The van der Waals surface area contributed by atoms with Crippen LogP contribution in [0.1, 0.15) is 68.9 Å². The Morgan fingerprint density at radius 3 is 2.48 bits per heavy atom. The number of alkyl halides is 2. The maximum atomic E-state index is 13.6. The van der Waals surface area contributed by atoms with Crippen LogP contribution in [0.4, 0.5) is 13.2 Å². The summed E-state index contributed by atoms with van der Waals surface area (Å²) in [5.41, 5.74) is 1.13. The largest absolute Gasteiger partial charge is 0.251 e. The summed E-state index contributed by atoms with van der Waals surface area (Å²) < 4.78 is 38.2. The lowest BCUT2D eigenvalue weighted by Crippen LogP contribution is -2.13. The van der Waals surface area contributed by atoms with Crippen molar-refractivity contribution in [2.24, 2.45) is 11.8 Å². The molecule has 0 nitrogen and oxygen atoms in total. The van der Waals surface area contributed by atoms with Gasteiger partial charge in [-0.15, -0.1) is 0 Å². The third-order valence-corrected chi connectivity index (χ3v) is 5.41. The predicted molar refractivity (Wildman–Crippen MR) is 98.6 cm³/mol. The van der Waals surface area contributed by atoms with Crippen LogP contribution in [0.15, 0.2) is 30.4 Å². The van der Waals surface area contributed by atoms with Crippen molar-refractivity contribution in [3.05, 3.63) is 47.3 Å². The second-order valence-electron chi connectivity index (χ2n) is 7.35. The number of halogens is 3. The molecule has 0 radical (unpaired) electrons. The lowest BCUT2D eigenvalue weighted by molar-refractivity contribution is 0.296. The van der Waals surface area contributed by atoms with Gasteiger partial charge in [0, 0.05) is 5.56 Å². The number of unbranched alkanes of at least 4 members (excludes halogenated alkanes) is 3. The quantitative estimate of drug-likeness (QED) is 0.310. The molecule has 1 saturated carbocycles. The van der Waals surface area contributed by atoms with Gasteiger partial charge in [-0.05, 0) is 81.3 Å². The number of hydrogen-bond donors (Lipinski definition) is 0. The molecule has 2 rings (SSSR count). The smallest absolute Gasteiger partial charge is 0.129 e. The number of rotatable bonds is 10. The van der Waals surface area contributed by atoms with Gasteiger partial charge in [0.25, 0.3) is 0 Å². The van der Waals surface area contributed by atoms with E-state index in [1.54, 1.807) is 6.07 Å². The van der Waals surface area contributed by atoms with E-state index in [1.807, 2.05) is 6.07 Å². The van der Waals surface area contributed by atoms with Gasteiger partial charge in [-0.1, -0.05) is 30.7 Å². The number of hydrogen-bond acceptors (Lipinski definition) is 0. The van der Waals surface area contributed by atoms with Crippen LogP contribution in [0.3, 0.4) is 0 Å². The molecule has 0 saturated heterocycles. The van der Waals surface area contributed by atoms with Gasteiger partial charge in [0.05, 0.1) is 6.67 Å². The Hall–Kier alpha value is -1.25. The molecular weight excluding hydrogens is 321 g/mol. The van der Waals surface area contributed by atoms with Gasteiger partial charge in [0.15, 0.2) is 0 Å². The van der Waals surface area contributed by atoms with Crippen LogP contribution in [-0.4, -0.2) is 6.67 Å². The molecular formula is C22H31F3. The molecule has 0 heterocycles. The van der Waals surface area contributed by atoms with E-state index in [-0.39, 0.29) is 12.2 Å². The first-order valence-electron chi connectivity index (χ1n) is 9.78. The highest BCUT2D eigenvalue weighted by Crippen LogP contribution is 2.32. The highest BCUT2D eigenvalue weighted by molar-refractivity contribution is 5.24. The first-order valence-corrected chi connectivity index (χ1v) is 9.78. The summed E-state index contributed by atoms with van der Waals surface area (Å²) in [6.45, 7) is -0.931. The van der Waals surface area contributed by atoms with Gasteiger partial charge in [0.1, 0.15) is 12.5 Å². The maximum Gasteiger partial charge on any atom is 0.129 e. The van der Waals surface area contributed by atoms with E-state index in [9.17, 15) is 13.2 Å². The number of allylic oxidation sites excluding steroid dienone is 2. The molecule has 0 atom stereocenters. The van der Waals surface area contributed by atoms with Crippen molar-refractivity contribution in [2.75, 3.05) is 6.67 Å². The minimum atomic E-state index is -0.737. The van der Waals surface area contributed by atoms with Crippen molar-refractivity contribution in [3.63, 3.8) is 0 Å². The van der Waals surface area contributed by atoms with E-state index in [4.69, 9.17) is 0 Å². The Morgan fingerprint density at radius 1 is 1.00 bits per heavy atom. The molecule has 0 unspecified atom stereocenters. The zero-order valence-electron chi connectivity index (χ0n) is 15.2. The molecule has 1 aromatic carbocycles. The minimum absolute atomic E-state index is 0.153. The molecule has 0 amide bonds. The van der Waals surface area contributed by atoms with Crippen molar-refractivity contribution in [1.82, 2.24) is 0 Å². The molecule has 0 aliphatic heterocycles. The van der Waals surface area contributed by atoms with E-state index in [2.05, 4.69) is 12.2 Å². The molecule has 140 valence electrons. The average Bonchev–Trinajstić information content (AvgIpc) is 2.64. The first kappa shape index (κ1) is 20.1. The second kappa shape index (κ2) is 11.4. The normalized spacial score (nSPS) is 21.1. The minimum Gasteiger partial charge on any atom is -0.251 e. The average molecular weight is 352 g/mol. The summed E-state index contributed by atoms with van der Waals surface area (Å²) in [6, 6.07) is 4.92. The zero-order chi connectivity index (χ0) is 17.9. The topological polar surface area (TPSA) is 0 Å². The third-order valence-electron chi connectivity index (χ3n) is 5.41. The lowest BCUT2D eigenvalue weighted by Gasteiger charge is -2.26. The molecule has 25 heavy (non-hydrogen) atoms. The van der Waals surface area contributed by atoms with Crippen molar-refractivity contribution < 1.29 is 13.2 Å².